The highest BCUT2D eigenvalue weighted by atomic mass is 79.9. The summed E-state index contributed by atoms with van der Waals surface area (Å²) in [6.07, 6.45) is 0.0190. The number of aliphatic hydroxyl groups excluding tert-OH is 1. The molecule has 0 fully saturated rings. The Morgan fingerprint density at radius 3 is 2.72 bits per heavy atom. The van der Waals surface area contributed by atoms with E-state index < -0.39 is 12.0 Å². The highest BCUT2D eigenvalue weighted by Gasteiger charge is 2.11. The van der Waals surface area contributed by atoms with Gasteiger partial charge < -0.3 is 20.2 Å². The van der Waals surface area contributed by atoms with E-state index in [1.54, 1.807) is 13.0 Å². The van der Waals surface area contributed by atoms with Gasteiger partial charge in [-0.3, -0.25) is 9.59 Å². The molecule has 18 heavy (non-hydrogen) atoms. The van der Waals surface area contributed by atoms with Gasteiger partial charge in [-0.15, -0.1) is 0 Å². The lowest BCUT2D eigenvalue weighted by Gasteiger charge is -2.07. The Balaban J connectivity index is 2.24. The molecule has 6 nitrogen and oxygen atoms in total. The largest absolute Gasteiger partial charge is 0.444 e. The number of hydrogen-bond acceptors (Lipinski definition) is 4. The first-order valence-electron chi connectivity index (χ1n) is 5.47. The zero-order chi connectivity index (χ0) is 13.5. The van der Waals surface area contributed by atoms with Crippen molar-refractivity contribution in [3.05, 3.63) is 22.6 Å². The first-order chi connectivity index (χ1) is 8.49. The normalized spacial score (nSPS) is 11.9. The van der Waals surface area contributed by atoms with Crippen molar-refractivity contribution < 1.29 is 19.1 Å². The number of hydrogen-bond donors (Lipinski definition) is 3. The maximum atomic E-state index is 11.5. The second-order valence-corrected chi connectivity index (χ2v) is 4.56. The van der Waals surface area contributed by atoms with Crippen LogP contribution in [-0.2, 0) is 4.79 Å². The van der Waals surface area contributed by atoms with Crippen molar-refractivity contribution in [3.8, 4) is 0 Å². The number of nitrogens with one attached hydrogen (secondary N) is 2. The second kappa shape index (κ2) is 7.17. The number of aliphatic hydroxyl groups is 1. The van der Waals surface area contributed by atoms with Crippen LogP contribution in [0.25, 0.3) is 0 Å². The summed E-state index contributed by atoms with van der Waals surface area (Å²) in [5, 5.41) is 14.0. The number of carbonyl (C=O) groups excluding carboxylic acids is 2. The highest BCUT2D eigenvalue weighted by Crippen LogP contribution is 2.13. The first kappa shape index (κ1) is 14.7. The van der Waals surface area contributed by atoms with Crippen molar-refractivity contribution in [2.24, 2.45) is 0 Å². The number of furan rings is 1. The van der Waals surface area contributed by atoms with Crippen LogP contribution in [0.1, 0.15) is 23.9 Å². The fraction of sp³-hybridized carbons (Fsp3) is 0.455. The number of amides is 2. The van der Waals surface area contributed by atoms with E-state index in [1.807, 2.05) is 0 Å². The molecular formula is C11H15BrN2O4. The van der Waals surface area contributed by atoms with Crippen LogP contribution in [0.2, 0.25) is 0 Å². The van der Waals surface area contributed by atoms with Crippen molar-refractivity contribution in [2.45, 2.75) is 19.4 Å². The molecular weight excluding hydrogens is 304 g/mol. The van der Waals surface area contributed by atoms with E-state index in [0.29, 0.717) is 17.6 Å². The molecule has 3 N–H and O–H groups in total. The van der Waals surface area contributed by atoms with Crippen LogP contribution in [0.5, 0.6) is 0 Å². The molecule has 0 saturated heterocycles. The molecule has 7 heteroatoms. The number of carbonyl (C=O) groups is 2. The molecule has 1 aromatic rings. The molecule has 0 aromatic carbocycles. The van der Waals surface area contributed by atoms with Crippen LogP contribution >= 0.6 is 15.9 Å². The predicted octanol–water partition coefficient (Wildman–Crippen LogP) is 0.659. The predicted molar refractivity (Wildman–Crippen MR) is 68.0 cm³/mol. The van der Waals surface area contributed by atoms with Gasteiger partial charge >= 0.3 is 0 Å². The summed E-state index contributed by atoms with van der Waals surface area (Å²) in [7, 11) is 0. The highest BCUT2D eigenvalue weighted by molar-refractivity contribution is 9.10. The van der Waals surface area contributed by atoms with Crippen LogP contribution in [0.4, 0.5) is 0 Å². The minimum atomic E-state index is -0.458. The minimum Gasteiger partial charge on any atom is -0.444 e. The van der Waals surface area contributed by atoms with Crippen molar-refractivity contribution in [1.82, 2.24) is 10.6 Å². The third-order valence-electron chi connectivity index (χ3n) is 2.09. The lowest BCUT2D eigenvalue weighted by atomic mass is 10.3. The summed E-state index contributed by atoms with van der Waals surface area (Å²) < 4.78 is 5.48. The average molecular weight is 319 g/mol. The van der Waals surface area contributed by atoms with E-state index in [1.165, 1.54) is 6.07 Å². The van der Waals surface area contributed by atoms with E-state index >= 15 is 0 Å². The van der Waals surface area contributed by atoms with E-state index in [2.05, 4.69) is 26.6 Å². The molecule has 100 valence electrons. The summed E-state index contributed by atoms with van der Waals surface area (Å²) in [5.41, 5.74) is 0. The van der Waals surface area contributed by atoms with Gasteiger partial charge in [-0.2, -0.15) is 0 Å². The first-order valence-corrected chi connectivity index (χ1v) is 6.26. The van der Waals surface area contributed by atoms with Gasteiger partial charge in [-0.05, 0) is 41.4 Å². The molecule has 2 amide bonds. The summed E-state index contributed by atoms with van der Waals surface area (Å²) in [4.78, 5) is 22.8. The van der Waals surface area contributed by atoms with Crippen LogP contribution < -0.4 is 10.6 Å². The Morgan fingerprint density at radius 1 is 1.44 bits per heavy atom. The fourth-order valence-electron chi connectivity index (χ4n) is 1.17. The van der Waals surface area contributed by atoms with E-state index in [4.69, 9.17) is 9.52 Å². The summed E-state index contributed by atoms with van der Waals surface area (Å²) in [6, 6.07) is 3.10. The van der Waals surface area contributed by atoms with Gasteiger partial charge in [0.25, 0.3) is 5.91 Å². The summed E-state index contributed by atoms with van der Waals surface area (Å²) >= 11 is 3.08. The molecule has 1 heterocycles. The Kier molecular flexibility index (Phi) is 5.87. The van der Waals surface area contributed by atoms with Crippen LogP contribution in [0.3, 0.4) is 0 Å². The van der Waals surface area contributed by atoms with Crippen LogP contribution in [0, 0.1) is 0 Å². The van der Waals surface area contributed by atoms with E-state index in [0.717, 1.165) is 0 Å². The maximum absolute atomic E-state index is 11.5. The average Bonchev–Trinajstić information content (AvgIpc) is 2.72. The lowest BCUT2D eigenvalue weighted by Crippen LogP contribution is -2.37. The lowest BCUT2D eigenvalue weighted by molar-refractivity contribution is -0.120. The standard InChI is InChI=1S/C11H15BrN2O4/c1-7(15)4-5-13-10(16)6-14-11(17)8-2-3-9(12)18-8/h2-3,7,15H,4-6H2,1H3,(H,13,16)(H,14,17). The van der Waals surface area contributed by atoms with Gasteiger partial charge in [0.1, 0.15) is 0 Å². The van der Waals surface area contributed by atoms with Gasteiger partial charge in [0.2, 0.25) is 5.91 Å². The maximum Gasteiger partial charge on any atom is 0.287 e. The van der Waals surface area contributed by atoms with Crippen LogP contribution in [0.15, 0.2) is 21.2 Å². The van der Waals surface area contributed by atoms with Crippen molar-refractivity contribution in [3.63, 3.8) is 0 Å². The molecule has 1 atom stereocenters. The molecule has 0 aliphatic heterocycles. The topological polar surface area (TPSA) is 91.6 Å². The van der Waals surface area contributed by atoms with Crippen molar-refractivity contribution >= 4 is 27.7 Å². The molecule has 1 aromatic heterocycles. The Bertz CT molecular complexity index is 417. The summed E-state index contributed by atoms with van der Waals surface area (Å²) in [5.74, 6) is -0.625. The molecule has 0 aliphatic rings. The van der Waals surface area contributed by atoms with E-state index in [9.17, 15) is 9.59 Å². The second-order valence-electron chi connectivity index (χ2n) is 3.77. The monoisotopic (exact) mass is 318 g/mol. The van der Waals surface area contributed by atoms with Gasteiger partial charge in [0, 0.05) is 6.54 Å². The van der Waals surface area contributed by atoms with Crippen LogP contribution in [-0.4, -0.2) is 36.1 Å². The third-order valence-corrected chi connectivity index (χ3v) is 2.52. The molecule has 0 aliphatic carbocycles. The quantitative estimate of drug-likeness (QED) is 0.718. The van der Waals surface area contributed by atoms with Crippen molar-refractivity contribution in [1.29, 1.82) is 0 Å². The zero-order valence-electron chi connectivity index (χ0n) is 9.90. The number of halogens is 1. The Morgan fingerprint density at radius 2 is 2.17 bits per heavy atom. The van der Waals surface area contributed by atoms with Gasteiger partial charge in [0.05, 0.1) is 12.6 Å². The molecule has 0 radical (unpaired) electrons. The Hall–Kier alpha value is -1.34. The molecule has 0 spiro atoms. The third kappa shape index (κ3) is 5.33. The molecule has 0 bridgehead atoms. The van der Waals surface area contributed by atoms with E-state index in [-0.39, 0.29) is 18.2 Å². The SMILES string of the molecule is CC(O)CCNC(=O)CNC(=O)c1ccc(Br)o1. The number of rotatable bonds is 6. The zero-order valence-corrected chi connectivity index (χ0v) is 11.5. The summed E-state index contributed by atoms with van der Waals surface area (Å²) in [6.45, 7) is 1.89. The van der Waals surface area contributed by atoms with Gasteiger partial charge in [-0.1, -0.05) is 0 Å². The van der Waals surface area contributed by atoms with Crippen molar-refractivity contribution in [2.75, 3.05) is 13.1 Å². The molecule has 1 unspecified atom stereocenters. The van der Waals surface area contributed by atoms with Gasteiger partial charge in [-0.25, -0.2) is 0 Å². The Labute approximate surface area is 113 Å². The molecule has 0 saturated carbocycles. The fourth-order valence-corrected chi connectivity index (χ4v) is 1.47. The molecule has 1 rings (SSSR count). The van der Waals surface area contributed by atoms with Gasteiger partial charge in [0.15, 0.2) is 10.4 Å². The smallest absolute Gasteiger partial charge is 0.287 e. The minimum absolute atomic E-state index is 0.128.